The van der Waals surface area contributed by atoms with Gasteiger partial charge < -0.3 is 24.8 Å². The summed E-state index contributed by atoms with van der Waals surface area (Å²) in [5.41, 5.74) is -1.39. The Labute approximate surface area is 180 Å². The van der Waals surface area contributed by atoms with Crippen LogP contribution in [0.25, 0.3) is 0 Å². The normalized spacial score (nSPS) is 27.5. The first kappa shape index (κ1) is 26.8. The van der Waals surface area contributed by atoms with E-state index in [0.29, 0.717) is 12.8 Å². The van der Waals surface area contributed by atoms with Crippen LogP contribution in [0.4, 0.5) is 0 Å². The van der Waals surface area contributed by atoms with Gasteiger partial charge in [0, 0.05) is 6.04 Å². The zero-order valence-corrected chi connectivity index (χ0v) is 19.7. The molecule has 1 aliphatic carbocycles. The molecule has 8 heteroatoms. The fraction of sp³-hybridized carbons (Fsp3) is 0.909. The predicted octanol–water partition coefficient (Wildman–Crippen LogP) is 2.18. The molecule has 0 aromatic carbocycles. The highest BCUT2D eigenvalue weighted by atomic mass is 16.6. The molecule has 0 aromatic rings. The van der Waals surface area contributed by atoms with Gasteiger partial charge in [-0.2, -0.15) is 0 Å². The molecule has 1 rings (SSSR count). The molecule has 8 nitrogen and oxygen atoms in total. The number of rotatable bonds is 9. The summed E-state index contributed by atoms with van der Waals surface area (Å²) in [7, 11) is 0. The van der Waals surface area contributed by atoms with Gasteiger partial charge in [-0.3, -0.25) is 9.59 Å². The van der Waals surface area contributed by atoms with Gasteiger partial charge in [0.25, 0.3) is 0 Å². The molecule has 6 unspecified atom stereocenters. The number of aliphatic hydroxyl groups excluding tert-OH is 3. The quantitative estimate of drug-likeness (QED) is 0.376. The van der Waals surface area contributed by atoms with Crippen molar-refractivity contribution in [3.05, 3.63) is 0 Å². The van der Waals surface area contributed by atoms with Crippen LogP contribution in [0.3, 0.4) is 0 Å². The molecule has 0 amide bonds. The Bertz CT molecular complexity index is 580. The Morgan fingerprint density at radius 2 is 1.27 bits per heavy atom. The molecule has 1 saturated carbocycles. The van der Waals surface area contributed by atoms with Gasteiger partial charge in [-0.05, 0) is 67.2 Å². The third kappa shape index (κ3) is 6.90. The first-order chi connectivity index (χ1) is 13.7. The highest BCUT2D eigenvalue weighted by Crippen LogP contribution is 2.38. The van der Waals surface area contributed by atoms with Crippen LogP contribution in [-0.2, 0) is 19.1 Å². The van der Waals surface area contributed by atoms with E-state index in [4.69, 9.17) is 9.47 Å². The molecule has 0 radical (unpaired) electrons. The van der Waals surface area contributed by atoms with Gasteiger partial charge in [0.1, 0.15) is 23.7 Å². The summed E-state index contributed by atoms with van der Waals surface area (Å²) in [5.74, 6) is -2.81. The van der Waals surface area contributed by atoms with Gasteiger partial charge in [0.2, 0.25) is 0 Å². The number of nitrogens with zero attached hydrogens (tertiary/aromatic N) is 1. The van der Waals surface area contributed by atoms with Crippen LogP contribution in [0, 0.1) is 11.8 Å². The number of hydrogen-bond acceptors (Lipinski definition) is 8. The van der Waals surface area contributed by atoms with Crippen LogP contribution in [0.15, 0.2) is 0 Å². The van der Waals surface area contributed by atoms with E-state index in [1.165, 1.54) is 18.7 Å². The third-order valence-electron chi connectivity index (χ3n) is 6.23. The number of carbonyl (C=O) groups is 2. The molecule has 3 N–H and O–H groups in total. The molecular formula is C22H41NO7. The summed E-state index contributed by atoms with van der Waals surface area (Å²) in [5, 5.41) is 31.0. The lowest BCUT2D eigenvalue weighted by Crippen LogP contribution is -2.58. The Kier molecular flexibility index (Phi) is 9.29. The maximum Gasteiger partial charge on any atom is 0.310 e. The number of esters is 2. The topological polar surface area (TPSA) is 117 Å². The zero-order valence-electron chi connectivity index (χ0n) is 19.7. The summed E-state index contributed by atoms with van der Waals surface area (Å²) >= 11 is 0. The molecule has 0 aromatic heterocycles. The second-order valence-corrected chi connectivity index (χ2v) is 9.60. The highest BCUT2D eigenvalue weighted by Gasteiger charge is 2.49. The maximum atomic E-state index is 13.1. The number of ether oxygens (including phenoxy) is 2. The van der Waals surface area contributed by atoms with Crippen molar-refractivity contribution in [2.24, 2.45) is 11.8 Å². The van der Waals surface area contributed by atoms with Crippen molar-refractivity contribution in [1.82, 2.24) is 4.90 Å². The summed E-state index contributed by atoms with van der Waals surface area (Å²) in [6, 6.07) is -0.712. The average molecular weight is 432 g/mol. The molecule has 0 bridgehead atoms. The Morgan fingerprint density at radius 3 is 1.60 bits per heavy atom. The van der Waals surface area contributed by atoms with E-state index in [1.54, 1.807) is 27.7 Å². The Morgan fingerprint density at radius 1 is 0.900 bits per heavy atom. The van der Waals surface area contributed by atoms with Crippen molar-refractivity contribution in [2.75, 3.05) is 0 Å². The van der Waals surface area contributed by atoms with Crippen LogP contribution in [0.1, 0.15) is 81.1 Å². The smallest absolute Gasteiger partial charge is 0.310 e. The standard InChI is InChI=1S/C22H41NO7/c1-9-21(5,6)29-19(27)15-11-17(23(13(3)24)14(4)25)18(26)12-16(15)20(28)30-22(7,8)10-2/h13-18,24-26H,9-12H2,1-8H3. The molecule has 0 heterocycles. The molecule has 0 saturated heterocycles. The van der Waals surface area contributed by atoms with E-state index >= 15 is 0 Å². The van der Waals surface area contributed by atoms with E-state index in [-0.39, 0.29) is 12.8 Å². The van der Waals surface area contributed by atoms with E-state index in [1.807, 2.05) is 13.8 Å². The second kappa shape index (κ2) is 10.4. The molecule has 30 heavy (non-hydrogen) atoms. The minimum Gasteiger partial charge on any atom is -0.459 e. The van der Waals surface area contributed by atoms with Gasteiger partial charge in [0.05, 0.1) is 17.9 Å². The van der Waals surface area contributed by atoms with Crippen LogP contribution in [0.2, 0.25) is 0 Å². The zero-order chi connectivity index (χ0) is 23.4. The van der Waals surface area contributed by atoms with Gasteiger partial charge in [-0.1, -0.05) is 13.8 Å². The van der Waals surface area contributed by atoms with Crippen molar-refractivity contribution in [3.8, 4) is 0 Å². The van der Waals surface area contributed by atoms with Gasteiger partial charge in [-0.25, -0.2) is 4.90 Å². The van der Waals surface area contributed by atoms with Crippen LogP contribution >= 0.6 is 0 Å². The lowest BCUT2D eigenvalue weighted by atomic mass is 9.74. The van der Waals surface area contributed by atoms with Crippen molar-refractivity contribution in [2.45, 2.75) is 117 Å². The molecule has 1 fully saturated rings. The van der Waals surface area contributed by atoms with Crippen LogP contribution in [0.5, 0.6) is 0 Å². The lowest BCUT2D eigenvalue weighted by molar-refractivity contribution is -0.189. The summed E-state index contributed by atoms with van der Waals surface area (Å²) in [6.07, 6.45) is -1.88. The van der Waals surface area contributed by atoms with Crippen molar-refractivity contribution >= 4 is 11.9 Å². The largest absolute Gasteiger partial charge is 0.459 e. The van der Waals surface area contributed by atoms with Crippen molar-refractivity contribution < 1.29 is 34.4 Å². The average Bonchev–Trinajstić information content (AvgIpc) is 2.61. The van der Waals surface area contributed by atoms with E-state index < -0.39 is 59.6 Å². The first-order valence-electron chi connectivity index (χ1n) is 10.9. The fourth-order valence-electron chi connectivity index (χ4n) is 3.71. The predicted molar refractivity (Wildman–Crippen MR) is 112 cm³/mol. The number of aliphatic hydroxyl groups is 3. The summed E-state index contributed by atoms with van der Waals surface area (Å²) in [6.45, 7) is 14.0. The van der Waals surface area contributed by atoms with E-state index in [0.717, 1.165) is 0 Å². The van der Waals surface area contributed by atoms with Gasteiger partial charge in [-0.15, -0.1) is 0 Å². The van der Waals surface area contributed by atoms with Gasteiger partial charge in [0.15, 0.2) is 0 Å². The Balaban J connectivity index is 3.24. The van der Waals surface area contributed by atoms with Crippen molar-refractivity contribution in [1.29, 1.82) is 0 Å². The van der Waals surface area contributed by atoms with Crippen LogP contribution in [-0.4, -0.2) is 68.0 Å². The molecule has 1 aliphatic rings. The molecule has 176 valence electrons. The SMILES string of the molecule is CCC(C)(C)OC(=O)C1CC(O)C(N(C(C)O)C(C)O)CC1C(=O)OC(C)(C)CC. The van der Waals surface area contributed by atoms with Gasteiger partial charge >= 0.3 is 11.9 Å². The third-order valence-corrected chi connectivity index (χ3v) is 6.23. The van der Waals surface area contributed by atoms with Crippen molar-refractivity contribution in [3.63, 3.8) is 0 Å². The minimum atomic E-state index is -1.05. The summed E-state index contributed by atoms with van der Waals surface area (Å²) in [4.78, 5) is 27.4. The minimum absolute atomic E-state index is 0.0223. The van der Waals surface area contributed by atoms with Crippen LogP contribution < -0.4 is 0 Å². The van der Waals surface area contributed by atoms with E-state index in [9.17, 15) is 24.9 Å². The fourth-order valence-corrected chi connectivity index (χ4v) is 3.71. The summed E-state index contributed by atoms with van der Waals surface area (Å²) < 4.78 is 11.3. The first-order valence-corrected chi connectivity index (χ1v) is 10.9. The Hall–Kier alpha value is -1.22. The molecule has 0 spiro atoms. The second-order valence-electron chi connectivity index (χ2n) is 9.60. The monoisotopic (exact) mass is 431 g/mol. The highest BCUT2D eigenvalue weighted by molar-refractivity contribution is 5.83. The number of carbonyl (C=O) groups excluding carboxylic acids is 2. The van der Waals surface area contributed by atoms with E-state index in [2.05, 4.69) is 0 Å². The maximum absolute atomic E-state index is 13.1. The molecule has 6 atom stereocenters. The molecular weight excluding hydrogens is 390 g/mol. The number of hydrogen-bond donors (Lipinski definition) is 3. The lowest BCUT2D eigenvalue weighted by Gasteiger charge is -2.45. The molecule has 0 aliphatic heterocycles.